The van der Waals surface area contributed by atoms with Gasteiger partial charge in [0.2, 0.25) is 0 Å². The van der Waals surface area contributed by atoms with Gasteiger partial charge < -0.3 is 36.7 Å². The van der Waals surface area contributed by atoms with Crippen molar-refractivity contribution in [3.63, 3.8) is 0 Å². The largest absolute Gasteiger partial charge is 2.00 e. The third-order valence-corrected chi connectivity index (χ3v) is 3.33. The molecule has 0 bridgehead atoms. The quantitative estimate of drug-likeness (QED) is 0.260. The first-order valence-corrected chi connectivity index (χ1v) is 8.49. The Morgan fingerprint density at radius 3 is 1.44 bits per heavy atom. The van der Waals surface area contributed by atoms with E-state index in [0.717, 1.165) is 27.2 Å². The maximum absolute atomic E-state index is 4.66. The van der Waals surface area contributed by atoms with Gasteiger partial charge in [-0.2, -0.15) is 0 Å². The van der Waals surface area contributed by atoms with Crippen LogP contribution in [0.3, 0.4) is 0 Å². The molecule has 2 heterocycles. The van der Waals surface area contributed by atoms with Crippen LogP contribution in [-0.4, -0.2) is 21.7 Å². The molecule has 0 aliphatic rings. The zero-order valence-electron chi connectivity index (χ0n) is 13.4. The summed E-state index contributed by atoms with van der Waals surface area (Å²) in [6.45, 7) is 0. The van der Waals surface area contributed by atoms with Gasteiger partial charge in [-0.15, -0.1) is 11.8 Å². The van der Waals surface area contributed by atoms with Gasteiger partial charge in [-0.05, 0) is 17.5 Å². The number of nitrogens with two attached hydrogens (primary N) is 2. The van der Waals surface area contributed by atoms with Gasteiger partial charge in [0.25, 0.3) is 0 Å². The summed E-state index contributed by atoms with van der Waals surface area (Å²) in [5.41, 5.74) is 11.4. The second-order valence-electron chi connectivity index (χ2n) is 4.71. The fourth-order valence-electron chi connectivity index (χ4n) is 2.49. The van der Waals surface area contributed by atoms with Crippen LogP contribution in [-0.2, 0) is 46.3 Å². The molecule has 2 aromatic heterocycles. The van der Waals surface area contributed by atoms with Crippen molar-refractivity contribution in [3.05, 3.63) is 60.9 Å². The van der Waals surface area contributed by atoms with Gasteiger partial charge in [0.05, 0.1) is 11.0 Å². The van der Waals surface area contributed by atoms with Gasteiger partial charge in [-0.3, -0.25) is 9.97 Å². The minimum absolute atomic E-state index is 0. The molecule has 0 spiro atoms. The van der Waals surface area contributed by atoms with Crippen molar-refractivity contribution in [2.24, 2.45) is 11.5 Å². The number of hydrogen-bond donors (Lipinski definition) is 2. The van der Waals surface area contributed by atoms with Crippen molar-refractivity contribution >= 4 is 57.8 Å². The zero-order chi connectivity index (χ0) is 17.4. The van der Waals surface area contributed by atoms with Gasteiger partial charge in [0, 0.05) is 28.6 Å². The predicted molar refractivity (Wildman–Crippen MR) is 107 cm³/mol. The van der Waals surface area contributed by atoms with Crippen molar-refractivity contribution in [1.82, 2.24) is 9.97 Å². The molecular weight excluding hydrogens is 531 g/mol. The van der Waals surface area contributed by atoms with E-state index < -0.39 is 0 Å². The zero-order valence-corrected chi connectivity index (χ0v) is 17.3. The number of aromatic nitrogens is 2. The minimum atomic E-state index is 0. The average molecular weight is 550 g/mol. The van der Waals surface area contributed by atoms with E-state index in [2.05, 4.69) is 83.1 Å². The summed E-state index contributed by atoms with van der Waals surface area (Å²) >= 11 is 8.34. The molecule has 0 aliphatic heterocycles. The molecule has 0 amide bonds. The third-order valence-electron chi connectivity index (χ3n) is 3.33. The molecule has 0 unspecified atom stereocenters. The van der Waals surface area contributed by atoms with Gasteiger partial charge in [-0.1, -0.05) is 36.4 Å². The maximum Gasteiger partial charge on any atom is 2.00 e. The maximum atomic E-state index is 4.66. The Labute approximate surface area is 172 Å². The van der Waals surface area contributed by atoms with Crippen LogP contribution in [0.1, 0.15) is 0 Å². The molecule has 2 aromatic carbocycles. The Morgan fingerprint density at radius 2 is 1.04 bits per heavy atom. The molecule has 0 radical (unpaired) electrons. The molecule has 4 nitrogen and oxygen atoms in total. The van der Waals surface area contributed by atoms with E-state index in [1.54, 1.807) is 0 Å². The van der Waals surface area contributed by atoms with Crippen LogP contribution in [0.5, 0.6) is 0 Å². The number of hydrogen-bond acceptors (Lipinski definition) is 6. The third kappa shape index (κ3) is 5.40. The smallest absolute Gasteiger partial charge is 0.778 e. The first-order chi connectivity index (χ1) is 11.8. The van der Waals surface area contributed by atoms with Gasteiger partial charge in [-0.25, -0.2) is 0 Å². The number of benzene rings is 2. The second kappa shape index (κ2) is 11.4. The van der Waals surface area contributed by atoms with Crippen LogP contribution in [0.15, 0.2) is 60.9 Å². The number of rotatable bonds is 0. The second-order valence-corrected chi connectivity index (χ2v) is 5.38. The monoisotopic (exact) mass is 549 g/mol. The van der Waals surface area contributed by atoms with E-state index in [0.29, 0.717) is 11.8 Å². The first kappa shape index (κ1) is 21.9. The van der Waals surface area contributed by atoms with Gasteiger partial charge >= 0.3 is 21.1 Å². The van der Waals surface area contributed by atoms with Crippen molar-refractivity contribution in [2.45, 2.75) is 0 Å². The van der Waals surface area contributed by atoms with E-state index in [-0.39, 0.29) is 21.1 Å². The van der Waals surface area contributed by atoms with Crippen molar-refractivity contribution in [3.8, 4) is 0 Å². The van der Waals surface area contributed by atoms with Gasteiger partial charge in [0.1, 0.15) is 0 Å². The van der Waals surface area contributed by atoms with Crippen LogP contribution < -0.4 is 11.5 Å². The normalized spacial score (nSPS) is 9.60. The molecule has 0 fully saturated rings. The van der Waals surface area contributed by atoms with Crippen LogP contribution in [0, 0.1) is 0 Å². The van der Waals surface area contributed by atoms with Crippen LogP contribution in [0.2, 0.25) is 0 Å². The summed E-state index contributed by atoms with van der Waals surface area (Å²) in [7, 11) is 0. The van der Waals surface area contributed by atoms with Gasteiger partial charge in [0.15, 0.2) is 0 Å². The average Bonchev–Trinajstić information content (AvgIpc) is 2.62. The molecule has 4 rings (SSSR count). The Hall–Kier alpha value is -1.17. The fraction of sp³-hybridized carbons (Fsp3) is 0.111. The first-order valence-electron chi connectivity index (χ1n) is 7.34. The Kier molecular flexibility index (Phi) is 10.0. The van der Waals surface area contributed by atoms with Crippen molar-refractivity contribution in [1.29, 1.82) is 0 Å². The predicted octanol–water partition coefficient (Wildman–Crippen LogP) is 2.83. The summed E-state index contributed by atoms with van der Waals surface area (Å²) in [4.78, 5) is 9.04. The van der Waals surface area contributed by atoms with Crippen LogP contribution in [0.4, 0.5) is 0 Å². The van der Waals surface area contributed by atoms with Crippen LogP contribution >= 0.6 is 0 Å². The molecule has 7 heteroatoms. The van der Waals surface area contributed by atoms with Crippen molar-refractivity contribution in [2.75, 3.05) is 11.8 Å². The standard InChI is InChI=1S/C16H10N2.2CH5NS.Pt/c1-3-12-7-5-11-6-8-13-4-2-10-18-16(13)14(11)15(12)17-9-1;2*2-1-3;/h1-10H;2*3H,1-2H2;/q;;;+2/p-2. The summed E-state index contributed by atoms with van der Waals surface area (Å²) < 4.78 is 0. The molecule has 132 valence electrons. The van der Waals surface area contributed by atoms with E-state index in [1.807, 2.05) is 24.5 Å². The molecule has 0 saturated heterocycles. The summed E-state index contributed by atoms with van der Waals surface area (Å²) in [5, 5.41) is 4.64. The molecule has 25 heavy (non-hydrogen) atoms. The molecule has 4 N–H and O–H groups in total. The minimum Gasteiger partial charge on any atom is -0.778 e. The topological polar surface area (TPSA) is 77.8 Å². The van der Waals surface area contributed by atoms with E-state index in [9.17, 15) is 0 Å². The summed E-state index contributed by atoms with van der Waals surface area (Å²) in [6, 6.07) is 16.6. The Balaban J connectivity index is 0.000000398. The molecule has 0 aliphatic carbocycles. The summed E-state index contributed by atoms with van der Waals surface area (Å²) in [5.74, 6) is 0.667. The fourth-order valence-corrected chi connectivity index (χ4v) is 2.49. The van der Waals surface area contributed by atoms with Crippen molar-refractivity contribution < 1.29 is 21.1 Å². The van der Waals surface area contributed by atoms with E-state index in [1.165, 1.54) is 5.39 Å². The summed E-state index contributed by atoms with van der Waals surface area (Å²) in [6.07, 6.45) is 3.67. The molecule has 0 saturated carbocycles. The SMILES string of the molecule is NC[S-].NC[S-].[Pt+2].c1cnc2c(c1)ccc1ccc3cccnc3c12. The Morgan fingerprint density at radius 1 is 0.680 bits per heavy atom. The number of fused-ring (bicyclic) bond motifs is 5. The number of nitrogens with zero attached hydrogens (tertiary/aromatic N) is 2. The molecule has 0 atom stereocenters. The number of pyridine rings is 2. The molecule has 4 aromatic rings. The van der Waals surface area contributed by atoms with Crippen LogP contribution in [0.25, 0.3) is 32.6 Å². The van der Waals surface area contributed by atoms with E-state index >= 15 is 0 Å². The van der Waals surface area contributed by atoms with E-state index in [4.69, 9.17) is 0 Å². The molecular formula is C18H18N4PtS2. The Bertz CT molecular complexity index is 862.